The first kappa shape index (κ1) is 10.6. The SMILES string of the molecule is C.Clc1cccc2c1COC1C3CNC3C21. The zero-order chi connectivity index (χ0) is 9.99. The number of fused-ring (bicyclic) bond motifs is 6. The highest BCUT2D eigenvalue weighted by molar-refractivity contribution is 6.31. The molecule has 1 aromatic carbocycles. The summed E-state index contributed by atoms with van der Waals surface area (Å²) in [7, 11) is 0. The van der Waals surface area contributed by atoms with Gasteiger partial charge in [0, 0.05) is 29.4 Å². The number of benzene rings is 1. The number of halogens is 1. The van der Waals surface area contributed by atoms with Crippen molar-refractivity contribution >= 4 is 11.6 Å². The third-order valence-electron chi connectivity index (χ3n) is 4.15. The van der Waals surface area contributed by atoms with Gasteiger partial charge in [0.25, 0.3) is 0 Å². The second-order valence-electron chi connectivity index (χ2n) is 4.71. The van der Waals surface area contributed by atoms with E-state index in [-0.39, 0.29) is 7.43 Å². The summed E-state index contributed by atoms with van der Waals surface area (Å²) in [5.41, 5.74) is 2.61. The van der Waals surface area contributed by atoms with Crippen LogP contribution in [-0.2, 0) is 11.3 Å². The topological polar surface area (TPSA) is 21.3 Å². The van der Waals surface area contributed by atoms with E-state index in [0.29, 0.717) is 24.7 Å². The summed E-state index contributed by atoms with van der Waals surface area (Å²) in [6.45, 7) is 1.82. The second-order valence-corrected chi connectivity index (χ2v) is 5.11. The summed E-state index contributed by atoms with van der Waals surface area (Å²) < 4.78 is 5.89. The highest BCUT2D eigenvalue weighted by Gasteiger charge is 2.58. The van der Waals surface area contributed by atoms with Crippen LogP contribution >= 0.6 is 11.6 Å². The zero-order valence-corrected chi connectivity index (χ0v) is 9.00. The van der Waals surface area contributed by atoms with Gasteiger partial charge in [-0.3, -0.25) is 0 Å². The van der Waals surface area contributed by atoms with Crippen LogP contribution in [0.5, 0.6) is 0 Å². The van der Waals surface area contributed by atoms with Crippen molar-refractivity contribution in [3.63, 3.8) is 0 Å². The summed E-state index contributed by atoms with van der Waals surface area (Å²) in [5.74, 6) is 1.30. The van der Waals surface area contributed by atoms with Crippen LogP contribution in [0.3, 0.4) is 0 Å². The molecule has 0 aromatic heterocycles. The van der Waals surface area contributed by atoms with Gasteiger partial charge in [0.05, 0.1) is 12.7 Å². The Kier molecular flexibility index (Phi) is 2.29. The molecule has 4 unspecified atom stereocenters. The molecule has 0 amide bonds. The molecule has 86 valence electrons. The molecular weight excluding hydrogens is 222 g/mol. The molecular formula is C13H16ClNO. The summed E-state index contributed by atoms with van der Waals surface area (Å²) in [5, 5.41) is 4.34. The van der Waals surface area contributed by atoms with Gasteiger partial charge in [0.15, 0.2) is 0 Å². The molecule has 1 aliphatic carbocycles. The molecule has 2 aliphatic heterocycles. The third kappa shape index (κ3) is 1.10. The monoisotopic (exact) mass is 237 g/mol. The molecule has 1 saturated heterocycles. The van der Waals surface area contributed by atoms with Crippen molar-refractivity contribution in [1.82, 2.24) is 5.32 Å². The zero-order valence-electron chi connectivity index (χ0n) is 8.24. The average Bonchev–Trinajstić information content (AvgIpc) is 2.20. The lowest BCUT2D eigenvalue weighted by molar-refractivity contribution is -0.143. The van der Waals surface area contributed by atoms with Gasteiger partial charge in [0.2, 0.25) is 0 Å². The van der Waals surface area contributed by atoms with Crippen LogP contribution in [0.1, 0.15) is 24.5 Å². The highest BCUT2D eigenvalue weighted by Crippen LogP contribution is 2.52. The number of nitrogens with one attached hydrogen (secondary N) is 1. The Labute approximate surface area is 101 Å². The quantitative estimate of drug-likeness (QED) is 0.749. The fourth-order valence-electron chi connectivity index (χ4n) is 3.25. The van der Waals surface area contributed by atoms with Gasteiger partial charge in [-0.1, -0.05) is 31.2 Å². The van der Waals surface area contributed by atoms with E-state index >= 15 is 0 Å². The largest absolute Gasteiger partial charge is 0.372 e. The Morgan fingerprint density at radius 1 is 1.38 bits per heavy atom. The number of piperidine rings is 1. The van der Waals surface area contributed by atoms with Gasteiger partial charge in [0.1, 0.15) is 0 Å². The first-order valence-corrected chi connectivity index (χ1v) is 5.86. The van der Waals surface area contributed by atoms with Crippen LogP contribution in [0.4, 0.5) is 0 Å². The van der Waals surface area contributed by atoms with E-state index < -0.39 is 0 Å². The van der Waals surface area contributed by atoms with Crippen molar-refractivity contribution < 1.29 is 4.74 Å². The maximum absolute atomic E-state index is 6.18. The molecule has 2 fully saturated rings. The molecule has 1 saturated carbocycles. The first-order valence-electron chi connectivity index (χ1n) is 5.48. The standard InChI is InChI=1S/C12H12ClNO.CH4/c13-9-3-1-2-6-8(9)5-15-12-7-4-14-11(7)10(6)12;/h1-3,7,10-12,14H,4-5H2;1H4. The predicted octanol–water partition coefficient (Wildman–Crippen LogP) is 2.56. The lowest BCUT2D eigenvalue weighted by atomic mass is 9.58. The Bertz CT molecular complexity index is 434. The van der Waals surface area contributed by atoms with Crippen molar-refractivity contribution in [1.29, 1.82) is 0 Å². The third-order valence-corrected chi connectivity index (χ3v) is 4.50. The van der Waals surface area contributed by atoms with Crippen molar-refractivity contribution in [2.45, 2.75) is 32.1 Å². The van der Waals surface area contributed by atoms with Crippen molar-refractivity contribution in [3.8, 4) is 0 Å². The van der Waals surface area contributed by atoms with Crippen LogP contribution < -0.4 is 5.32 Å². The van der Waals surface area contributed by atoms with Gasteiger partial charge in [-0.2, -0.15) is 0 Å². The van der Waals surface area contributed by atoms with Gasteiger partial charge in [-0.25, -0.2) is 0 Å². The smallest absolute Gasteiger partial charge is 0.0738 e. The molecule has 16 heavy (non-hydrogen) atoms. The molecule has 4 atom stereocenters. The van der Waals surface area contributed by atoms with E-state index in [4.69, 9.17) is 16.3 Å². The van der Waals surface area contributed by atoms with Crippen LogP contribution in [0.15, 0.2) is 18.2 Å². The lowest BCUT2D eigenvalue weighted by Gasteiger charge is -2.61. The van der Waals surface area contributed by atoms with E-state index in [1.54, 1.807) is 0 Å². The van der Waals surface area contributed by atoms with Crippen LogP contribution in [-0.4, -0.2) is 18.7 Å². The normalized spacial score (nSPS) is 38.1. The first-order chi connectivity index (χ1) is 7.36. The number of hydrogen-bond donors (Lipinski definition) is 1. The molecule has 3 heteroatoms. The van der Waals surface area contributed by atoms with Crippen molar-refractivity contribution in [2.75, 3.05) is 6.54 Å². The van der Waals surface area contributed by atoms with Crippen LogP contribution in [0.2, 0.25) is 5.02 Å². The molecule has 0 radical (unpaired) electrons. The molecule has 1 N–H and O–H groups in total. The molecule has 2 heterocycles. The minimum Gasteiger partial charge on any atom is -0.372 e. The van der Waals surface area contributed by atoms with Gasteiger partial charge >= 0.3 is 0 Å². The molecule has 4 rings (SSSR count). The van der Waals surface area contributed by atoms with E-state index in [9.17, 15) is 0 Å². The minimum absolute atomic E-state index is 0. The average molecular weight is 238 g/mol. The Morgan fingerprint density at radius 3 is 3.00 bits per heavy atom. The lowest BCUT2D eigenvalue weighted by Crippen LogP contribution is -2.73. The summed E-state index contributed by atoms with van der Waals surface area (Å²) in [6.07, 6.45) is 0.446. The maximum Gasteiger partial charge on any atom is 0.0738 e. The molecule has 0 bridgehead atoms. The Hall–Kier alpha value is -0.570. The Morgan fingerprint density at radius 2 is 2.25 bits per heavy atom. The summed E-state index contributed by atoms with van der Waals surface area (Å²) in [6, 6.07) is 6.86. The predicted molar refractivity (Wildman–Crippen MR) is 64.8 cm³/mol. The molecule has 0 spiro atoms. The van der Waals surface area contributed by atoms with Crippen LogP contribution in [0, 0.1) is 5.92 Å². The minimum atomic E-state index is 0. The van der Waals surface area contributed by atoms with E-state index in [1.165, 1.54) is 11.1 Å². The number of ether oxygens (including phenoxy) is 1. The molecule has 3 aliphatic rings. The van der Waals surface area contributed by atoms with E-state index in [0.717, 1.165) is 17.5 Å². The number of rotatable bonds is 0. The van der Waals surface area contributed by atoms with Gasteiger partial charge in [-0.15, -0.1) is 0 Å². The van der Waals surface area contributed by atoms with Gasteiger partial charge < -0.3 is 10.1 Å². The van der Waals surface area contributed by atoms with Crippen LogP contribution in [0.25, 0.3) is 0 Å². The second kappa shape index (κ2) is 3.46. The van der Waals surface area contributed by atoms with E-state index in [2.05, 4.69) is 17.4 Å². The molecule has 2 nitrogen and oxygen atoms in total. The van der Waals surface area contributed by atoms with Crippen molar-refractivity contribution in [2.24, 2.45) is 5.92 Å². The fourth-order valence-corrected chi connectivity index (χ4v) is 3.48. The highest BCUT2D eigenvalue weighted by atomic mass is 35.5. The van der Waals surface area contributed by atoms with E-state index in [1.807, 2.05) is 6.07 Å². The maximum atomic E-state index is 6.18. The number of hydrogen-bond acceptors (Lipinski definition) is 2. The fraction of sp³-hybridized carbons (Fsp3) is 0.538. The van der Waals surface area contributed by atoms with Gasteiger partial charge in [-0.05, 0) is 17.2 Å². The summed E-state index contributed by atoms with van der Waals surface area (Å²) in [4.78, 5) is 0. The molecule has 1 aromatic rings. The summed E-state index contributed by atoms with van der Waals surface area (Å²) >= 11 is 6.18. The Balaban J connectivity index is 0.000000810. The van der Waals surface area contributed by atoms with Crippen molar-refractivity contribution in [3.05, 3.63) is 34.3 Å².